The second-order valence-corrected chi connectivity index (χ2v) is 9.12. The first kappa shape index (κ1) is 25.4. The highest BCUT2D eigenvalue weighted by Gasteiger charge is 2.31. The first-order valence-electron chi connectivity index (χ1n) is 10.5. The van der Waals surface area contributed by atoms with E-state index in [0.717, 1.165) is 23.8 Å². The fraction of sp³-hybridized carbons (Fsp3) is 0.269. The van der Waals surface area contributed by atoms with Crippen molar-refractivity contribution in [2.75, 3.05) is 12.4 Å². The van der Waals surface area contributed by atoms with Gasteiger partial charge in [-0.3, -0.25) is 4.79 Å². The predicted molar refractivity (Wildman–Crippen MR) is 127 cm³/mol. The minimum atomic E-state index is -4.56. The first-order chi connectivity index (χ1) is 15.9. The predicted octanol–water partition coefficient (Wildman–Crippen LogP) is 7.50. The number of alkyl halides is 3. The maximum Gasteiger partial charge on any atom is 0.416 e. The molecule has 180 valence electrons. The van der Waals surface area contributed by atoms with Crippen LogP contribution in [0.5, 0.6) is 11.5 Å². The maximum atomic E-state index is 13.0. The molecule has 3 rings (SSSR count). The number of para-hydroxylation sites is 1. The largest absolute Gasteiger partial charge is 0.496 e. The second kappa shape index (κ2) is 9.97. The quantitative estimate of drug-likeness (QED) is 0.388. The van der Waals surface area contributed by atoms with Gasteiger partial charge < -0.3 is 14.8 Å². The van der Waals surface area contributed by atoms with E-state index < -0.39 is 17.6 Å². The molecule has 34 heavy (non-hydrogen) atoms. The minimum Gasteiger partial charge on any atom is -0.496 e. The first-order valence-corrected chi connectivity index (χ1v) is 10.9. The molecule has 0 bridgehead atoms. The van der Waals surface area contributed by atoms with Gasteiger partial charge in [-0.05, 0) is 53.4 Å². The summed E-state index contributed by atoms with van der Waals surface area (Å²) in [7, 11) is 1.50. The van der Waals surface area contributed by atoms with Gasteiger partial charge in [0.1, 0.15) is 18.1 Å². The zero-order valence-electron chi connectivity index (χ0n) is 19.2. The molecule has 0 heterocycles. The number of anilines is 1. The van der Waals surface area contributed by atoms with Crippen LogP contribution < -0.4 is 14.8 Å². The molecular formula is C26H25ClF3NO3. The van der Waals surface area contributed by atoms with Crippen LogP contribution in [-0.2, 0) is 18.2 Å². The van der Waals surface area contributed by atoms with Crippen molar-refractivity contribution in [2.45, 2.75) is 39.0 Å². The Bertz CT molecular complexity index is 1190. The number of nitrogens with one attached hydrogen (secondary N) is 1. The van der Waals surface area contributed by atoms with Crippen LogP contribution in [0.4, 0.5) is 18.9 Å². The summed E-state index contributed by atoms with van der Waals surface area (Å²) in [5.41, 5.74) is 0.683. The van der Waals surface area contributed by atoms with E-state index in [-0.39, 0.29) is 28.3 Å². The average molecular weight is 492 g/mol. The number of methoxy groups -OCH3 is 1. The Labute approximate surface area is 201 Å². The highest BCUT2D eigenvalue weighted by molar-refractivity contribution is 6.34. The van der Waals surface area contributed by atoms with Crippen molar-refractivity contribution < 1.29 is 27.4 Å². The van der Waals surface area contributed by atoms with Gasteiger partial charge in [0, 0.05) is 11.1 Å². The van der Waals surface area contributed by atoms with Crippen molar-refractivity contribution in [2.24, 2.45) is 0 Å². The molecule has 0 unspecified atom stereocenters. The monoisotopic (exact) mass is 491 g/mol. The second-order valence-electron chi connectivity index (χ2n) is 8.71. The summed E-state index contributed by atoms with van der Waals surface area (Å²) in [6.07, 6.45) is -4.56. The third kappa shape index (κ3) is 6.03. The van der Waals surface area contributed by atoms with Gasteiger partial charge in [-0.15, -0.1) is 0 Å². The lowest BCUT2D eigenvalue weighted by Crippen LogP contribution is -2.15. The molecule has 4 nitrogen and oxygen atoms in total. The molecular weight excluding hydrogens is 467 g/mol. The van der Waals surface area contributed by atoms with E-state index in [0.29, 0.717) is 17.1 Å². The Kier molecular flexibility index (Phi) is 7.46. The highest BCUT2D eigenvalue weighted by Crippen LogP contribution is 2.35. The van der Waals surface area contributed by atoms with Crippen molar-refractivity contribution in [1.29, 1.82) is 0 Å². The zero-order valence-corrected chi connectivity index (χ0v) is 20.0. The molecule has 0 spiro atoms. The number of hydrogen-bond acceptors (Lipinski definition) is 3. The number of carbonyl (C=O) groups excluding carboxylic acids is 1. The Balaban J connectivity index is 1.84. The zero-order chi connectivity index (χ0) is 25.1. The Morgan fingerprint density at radius 2 is 1.68 bits per heavy atom. The van der Waals surface area contributed by atoms with E-state index in [4.69, 9.17) is 21.1 Å². The van der Waals surface area contributed by atoms with Gasteiger partial charge in [0.25, 0.3) is 5.91 Å². The summed E-state index contributed by atoms with van der Waals surface area (Å²) in [6.45, 7) is 6.38. The number of ether oxygens (including phenoxy) is 2. The number of hydrogen-bond donors (Lipinski definition) is 1. The van der Waals surface area contributed by atoms with Crippen molar-refractivity contribution in [3.63, 3.8) is 0 Å². The van der Waals surface area contributed by atoms with Crippen LogP contribution in [0.1, 0.15) is 47.8 Å². The molecule has 3 aromatic carbocycles. The van der Waals surface area contributed by atoms with Crippen molar-refractivity contribution >= 4 is 23.2 Å². The van der Waals surface area contributed by atoms with Gasteiger partial charge >= 0.3 is 6.18 Å². The molecule has 0 radical (unpaired) electrons. The van der Waals surface area contributed by atoms with E-state index in [1.165, 1.54) is 13.2 Å². The number of rotatable bonds is 6. The number of amides is 1. The van der Waals surface area contributed by atoms with E-state index >= 15 is 0 Å². The topological polar surface area (TPSA) is 47.6 Å². The molecule has 0 saturated carbocycles. The Hall–Kier alpha value is -3.19. The van der Waals surface area contributed by atoms with E-state index in [1.807, 2.05) is 24.3 Å². The molecule has 0 saturated heterocycles. The molecule has 0 aliphatic heterocycles. The summed E-state index contributed by atoms with van der Waals surface area (Å²) in [6, 6.07) is 15.2. The van der Waals surface area contributed by atoms with Crippen LogP contribution in [0, 0.1) is 0 Å². The molecule has 3 aromatic rings. The minimum absolute atomic E-state index is 0.00259. The van der Waals surface area contributed by atoms with Crippen LogP contribution in [0.25, 0.3) is 0 Å². The molecule has 0 aromatic heterocycles. The number of halogens is 4. The van der Waals surface area contributed by atoms with Gasteiger partial charge in [-0.2, -0.15) is 13.2 Å². The van der Waals surface area contributed by atoms with E-state index in [2.05, 4.69) is 26.1 Å². The van der Waals surface area contributed by atoms with Crippen LogP contribution in [0.2, 0.25) is 5.02 Å². The van der Waals surface area contributed by atoms with Crippen LogP contribution in [0.15, 0.2) is 60.7 Å². The van der Waals surface area contributed by atoms with Crippen LogP contribution in [0.3, 0.4) is 0 Å². The van der Waals surface area contributed by atoms with Gasteiger partial charge in [-0.1, -0.05) is 50.6 Å². The summed E-state index contributed by atoms with van der Waals surface area (Å²) in [5, 5.41) is 2.45. The maximum absolute atomic E-state index is 13.0. The van der Waals surface area contributed by atoms with Gasteiger partial charge in [0.2, 0.25) is 0 Å². The molecule has 8 heteroatoms. The summed E-state index contributed by atoms with van der Waals surface area (Å²) in [4.78, 5) is 12.8. The summed E-state index contributed by atoms with van der Waals surface area (Å²) in [5.74, 6) is 0.616. The Morgan fingerprint density at radius 3 is 2.32 bits per heavy atom. The molecule has 1 amide bonds. The van der Waals surface area contributed by atoms with E-state index in [9.17, 15) is 18.0 Å². The van der Waals surface area contributed by atoms with Crippen LogP contribution >= 0.6 is 11.6 Å². The fourth-order valence-corrected chi connectivity index (χ4v) is 3.56. The standard InChI is InChI=1S/C26H25ClF3NO3/c1-25(2,3)19-7-5-6-8-23(19)34-15-17-13-16(9-12-22(17)33-4)24(32)31-21-14-18(26(28,29)30)10-11-20(21)27/h5-14H,15H2,1-4H3,(H,31,32). The lowest BCUT2D eigenvalue weighted by molar-refractivity contribution is -0.137. The summed E-state index contributed by atoms with van der Waals surface area (Å²) < 4.78 is 50.6. The number of benzene rings is 3. The third-order valence-corrected chi connectivity index (χ3v) is 5.49. The smallest absolute Gasteiger partial charge is 0.416 e. The van der Waals surface area contributed by atoms with Crippen LogP contribution in [-0.4, -0.2) is 13.0 Å². The molecule has 0 aliphatic carbocycles. The van der Waals surface area contributed by atoms with Crippen molar-refractivity contribution in [3.8, 4) is 11.5 Å². The lowest BCUT2D eigenvalue weighted by Gasteiger charge is -2.23. The Morgan fingerprint density at radius 1 is 0.971 bits per heavy atom. The van der Waals surface area contributed by atoms with E-state index in [1.54, 1.807) is 12.1 Å². The molecule has 0 fully saturated rings. The fourth-order valence-electron chi connectivity index (χ4n) is 3.39. The SMILES string of the molecule is COc1ccc(C(=O)Nc2cc(C(F)(F)F)ccc2Cl)cc1COc1ccccc1C(C)(C)C. The molecule has 0 aliphatic rings. The van der Waals surface area contributed by atoms with Gasteiger partial charge in [0.05, 0.1) is 23.4 Å². The van der Waals surface area contributed by atoms with Crippen molar-refractivity contribution in [3.05, 3.63) is 87.9 Å². The lowest BCUT2D eigenvalue weighted by atomic mass is 9.86. The third-order valence-electron chi connectivity index (χ3n) is 5.16. The van der Waals surface area contributed by atoms with Gasteiger partial charge in [0.15, 0.2) is 0 Å². The number of carbonyl (C=O) groups is 1. The molecule has 1 N–H and O–H groups in total. The normalized spacial score (nSPS) is 11.8. The average Bonchev–Trinajstić information content (AvgIpc) is 2.77. The molecule has 0 atom stereocenters. The highest BCUT2D eigenvalue weighted by atomic mass is 35.5. The van der Waals surface area contributed by atoms with Gasteiger partial charge in [-0.25, -0.2) is 0 Å². The summed E-state index contributed by atoms with van der Waals surface area (Å²) >= 11 is 6.00. The van der Waals surface area contributed by atoms with Crippen molar-refractivity contribution in [1.82, 2.24) is 0 Å².